The molecule has 0 saturated heterocycles. The van der Waals surface area contributed by atoms with Gasteiger partial charge in [-0.15, -0.1) is 10.2 Å². The highest BCUT2D eigenvalue weighted by molar-refractivity contribution is 6.39. The first-order valence-electron chi connectivity index (χ1n) is 9.41. The van der Waals surface area contributed by atoms with Gasteiger partial charge < -0.3 is 11.5 Å². The summed E-state index contributed by atoms with van der Waals surface area (Å²) in [5.74, 6) is 0.00288. The summed E-state index contributed by atoms with van der Waals surface area (Å²) in [6, 6.07) is 28.0. The van der Waals surface area contributed by atoms with Crippen LogP contribution in [0.25, 0.3) is 21.5 Å². The van der Waals surface area contributed by atoms with Crippen molar-refractivity contribution in [2.24, 2.45) is 31.9 Å². The molecule has 4 aromatic rings. The molecule has 4 rings (SSSR count). The number of benzene rings is 4. The van der Waals surface area contributed by atoms with E-state index in [1.807, 2.05) is 84.9 Å². The van der Waals surface area contributed by atoms with Crippen LogP contribution >= 0.6 is 0 Å². The van der Waals surface area contributed by atoms with E-state index in [0.29, 0.717) is 0 Å². The molecule has 0 spiro atoms. The second-order valence-corrected chi connectivity index (χ2v) is 6.60. The van der Waals surface area contributed by atoms with Crippen LogP contribution in [0, 0.1) is 0 Å². The minimum absolute atomic E-state index is 0.00144. The lowest BCUT2D eigenvalue weighted by molar-refractivity contribution is 1.21. The van der Waals surface area contributed by atoms with Gasteiger partial charge in [-0.1, -0.05) is 84.9 Å². The van der Waals surface area contributed by atoms with E-state index in [2.05, 4.69) is 20.4 Å². The van der Waals surface area contributed by atoms with Crippen LogP contribution in [0.4, 0.5) is 0 Å². The molecule has 30 heavy (non-hydrogen) atoms. The van der Waals surface area contributed by atoms with Crippen LogP contribution in [0.1, 0.15) is 11.1 Å². The Bertz CT molecular complexity index is 1200. The summed E-state index contributed by atoms with van der Waals surface area (Å²) in [5, 5.41) is 20.4. The molecule has 0 heterocycles. The Morgan fingerprint density at radius 1 is 0.533 bits per heavy atom. The maximum absolute atomic E-state index is 5.87. The smallest absolute Gasteiger partial charge is 0.190 e. The Labute approximate surface area is 174 Å². The van der Waals surface area contributed by atoms with E-state index in [0.717, 1.165) is 32.7 Å². The Morgan fingerprint density at radius 3 is 1.40 bits per heavy atom. The summed E-state index contributed by atoms with van der Waals surface area (Å²) in [4.78, 5) is 0. The van der Waals surface area contributed by atoms with E-state index in [9.17, 15) is 0 Å². The number of hydrogen-bond acceptors (Lipinski definition) is 4. The third kappa shape index (κ3) is 4.23. The third-order valence-electron chi connectivity index (χ3n) is 4.63. The van der Waals surface area contributed by atoms with Crippen molar-refractivity contribution in [2.45, 2.75) is 0 Å². The molecule has 0 aromatic heterocycles. The number of amidine groups is 2. The molecule has 0 aliphatic carbocycles. The molecule has 146 valence electrons. The lowest BCUT2D eigenvalue weighted by atomic mass is 10.1. The standard InChI is InChI=1S/C24H20N6/c25-23(29-27-15-19-11-5-9-17-7-1-3-13-21(17)19)24(26)30-28-16-20-12-6-10-18-8-2-4-14-22(18)20/h1-16H,(H2,25,29)(H2,26,30). The van der Waals surface area contributed by atoms with Crippen LogP contribution in [0.3, 0.4) is 0 Å². The second-order valence-electron chi connectivity index (χ2n) is 6.60. The predicted octanol–water partition coefficient (Wildman–Crippen LogP) is 4.08. The van der Waals surface area contributed by atoms with Gasteiger partial charge in [0.1, 0.15) is 0 Å². The van der Waals surface area contributed by atoms with Crippen molar-refractivity contribution in [1.29, 1.82) is 0 Å². The second kappa shape index (κ2) is 8.79. The molecular formula is C24H20N6. The van der Waals surface area contributed by atoms with Crippen molar-refractivity contribution >= 4 is 45.6 Å². The zero-order valence-corrected chi connectivity index (χ0v) is 16.2. The summed E-state index contributed by atoms with van der Waals surface area (Å²) < 4.78 is 0. The number of hydrogen-bond donors (Lipinski definition) is 2. The SMILES string of the molecule is NC(=NN=Cc1cccc2ccccc12)C(N)=NN=Cc1cccc2ccccc12. The zero-order chi connectivity index (χ0) is 20.8. The molecular weight excluding hydrogens is 372 g/mol. The predicted molar refractivity (Wildman–Crippen MR) is 126 cm³/mol. The normalized spacial score (nSPS) is 13.1. The van der Waals surface area contributed by atoms with Gasteiger partial charge in [0.25, 0.3) is 0 Å². The molecule has 4 N–H and O–H groups in total. The minimum Gasteiger partial charge on any atom is -0.379 e. The fourth-order valence-electron chi connectivity index (χ4n) is 3.14. The maximum atomic E-state index is 5.87. The lowest BCUT2D eigenvalue weighted by Crippen LogP contribution is -2.30. The van der Waals surface area contributed by atoms with Gasteiger partial charge in [-0.2, -0.15) is 10.2 Å². The third-order valence-corrected chi connectivity index (χ3v) is 4.63. The Balaban J connectivity index is 1.50. The lowest BCUT2D eigenvalue weighted by Gasteiger charge is -2.00. The number of fused-ring (bicyclic) bond motifs is 2. The molecule has 0 bridgehead atoms. The topological polar surface area (TPSA) is 101 Å². The average molecular weight is 392 g/mol. The van der Waals surface area contributed by atoms with Crippen LogP contribution in [-0.2, 0) is 0 Å². The molecule has 0 aliphatic rings. The Morgan fingerprint density at radius 2 is 0.933 bits per heavy atom. The average Bonchev–Trinajstić information content (AvgIpc) is 2.79. The Hall–Kier alpha value is -4.32. The quantitative estimate of drug-likeness (QED) is 0.311. The van der Waals surface area contributed by atoms with E-state index >= 15 is 0 Å². The van der Waals surface area contributed by atoms with Crippen LogP contribution in [0.2, 0.25) is 0 Å². The highest BCUT2D eigenvalue weighted by Crippen LogP contribution is 2.17. The summed E-state index contributed by atoms with van der Waals surface area (Å²) in [6.07, 6.45) is 3.28. The van der Waals surface area contributed by atoms with Gasteiger partial charge in [-0.3, -0.25) is 0 Å². The van der Waals surface area contributed by atoms with Crippen LogP contribution in [-0.4, -0.2) is 24.1 Å². The van der Waals surface area contributed by atoms with Crippen LogP contribution < -0.4 is 11.5 Å². The molecule has 6 heteroatoms. The van der Waals surface area contributed by atoms with Crippen molar-refractivity contribution in [3.63, 3.8) is 0 Å². The molecule has 0 aliphatic heterocycles. The first-order valence-corrected chi connectivity index (χ1v) is 9.41. The van der Waals surface area contributed by atoms with E-state index in [1.165, 1.54) is 0 Å². The molecule has 0 radical (unpaired) electrons. The first-order chi connectivity index (χ1) is 14.7. The molecule has 4 aromatic carbocycles. The van der Waals surface area contributed by atoms with Gasteiger partial charge in [0, 0.05) is 11.1 Å². The minimum atomic E-state index is 0.00144. The first kappa shape index (κ1) is 19.0. The Kier molecular flexibility index (Phi) is 5.57. The summed E-state index contributed by atoms with van der Waals surface area (Å²) in [5.41, 5.74) is 13.6. The fourth-order valence-corrected chi connectivity index (χ4v) is 3.14. The van der Waals surface area contributed by atoms with Crippen molar-refractivity contribution in [1.82, 2.24) is 0 Å². The van der Waals surface area contributed by atoms with Gasteiger partial charge in [0.05, 0.1) is 12.4 Å². The van der Waals surface area contributed by atoms with Crippen molar-refractivity contribution in [2.75, 3.05) is 0 Å². The summed E-state index contributed by atoms with van der Waals surface area (Å²) in [6.45, 7) is 0. The van der Waals surface area contributed by atoms with E-state index < -0.39 is 0 Å². The van der Waals surface area contributed by atoms with Gasteiger partial charge in [-0.05, 0) is 21.5 Å². The zero-order valence-electron chi connectivity index (χ0n) is 16.2. The number of nitrogens with two attached hydrogens (primary N) is 2. The largest absolute Gasteiger partial charge is 0.379 e. The fraction of sp³-hybridized carbons (Fsp3) is 0. The molecule has 6 nitrogen and oxygen atoms in total. The highest BCUT2D eigenvalue weighted by atomic mass is 15.3. The van der Waals surface area contributed by atoms with Crippen molar-refractivity contribution in [3.05, 3.63) is 96.1 Å². The molecule has 0 atom stereocenters. The summed E-state index contributed by atoms with van der Waals surface area (Å²) >= 11 is 0. The highest BCUT2D eigenvalue weighted by Gasteiger charge is 2.00. The maximum Gasteiger partial charge on any atom is 0.190 e. The van der Waals surface area contributed by atoms with Gasteiger partial charge in [0.15, 0.2) is 11.7 Å². The van der Waals surface area contributed by atoms with Crippen LogP contribution in [0.15, 0.2) is 105 Å². The van der Waals surface area contributed by atoms with E-state index in [-0.39, 0.29) is 11.7 Å². The number of rotatable bonds is 4. The van der Waals surface area contributed by atoms with Crippen LogP contribution in [0.5, 0.6) is 0 Å². The van der Waals surface area contributed by atoms with Gasteiger partial charge in [-0.25, -0.2) is 0 Å². The van der Waals surface area contributed by atoms with Gasteiger partial charge in [0.2, 0.25) is 0 Å². The monoisotopic (exact) mass is 392 g/mol. The molecule has 0 amide bonds. The molecule has 0 unspecified atom stereocenters. The van der Waals surface area contributed by atoms with E-state index in [4.69, 9.17) is 11.5 Å². The van der Waals surface area contributed by atoms with Crippen molar-refractivity contribution < 1.29 is 0 Å². The summed E-state index contributed by atoms with van der Waals surface area (Å²) in [7, 11) is 0. The molecule has 0 saturated carbocycles. The molecule has 0 fully saturated rings. The van der Waals surface area contributed by atoms with E-state index in [1.54, 1.807) is 12.4 Å². The van der Waals surface area contributed by atoms with Crippen molar-refractivity contribution in [3.8, 4) is 0 Å². The number of nitrogens with zero attached hydrogens (tertiary/aromatic N) is 4. The van der Waals surface area contributed by atoms with Gasteiger partial charge >= 0.3 is 0 Å².